The molecule has 5 heteroatoms. The van der Waals surface area contributed by atoms with Gasteiger partial charge in [-0.05, 0) is 31.5 Å². The SMILES string of the molecule is CCOc1ccc(C(NN)c2scnc2C)cc1. The predicted molar refractivity (Wildman–Crippen MR) is 73.6 cm³/mol. The number of aryl methyl sites for hydroxylation is 1. The molecule has 1 unspecified atom stereocenters. The molecule has 0 saturated heterocycles. The van der Waals surface area contributed by atoms with Gasteiger partial charge in [-0.25, -0.2) is 10.4 Å². The number of hydrazine groups is 1. The van der Waals surface area contributed by atoms with Crippen LogP contribution in [0.3, 0.4) is 0 Å². The van der Waals surface area contributed by atoms with Crippen molar-refractivity contribution in [3.63, 3.8) is 0 Å². The molecule has 0 fully saturated rings. The van der Waals surface area contributed by atoms with Crippen molar-refractivity contribution in [1.29, 1.82) is 0 Å². The minimum Gasteiger partial charge on any atom is -0.494 e. The van der Waals surface area contributed by atoms with E-state index in [0.717, 1.165) is 21.9 Å². The first kappa shape index (κ1) is 13.0. The lowest BCUT2D eigenvalue weighted by Gasteiger charge is -2.16. The Morgan fingerprint density at radius 3 is 2.61 bits per heavy atom. The largest absolute Gasteiger partial charge is 0.494 e. The van der Waals surface area contributed by atoms with E-state index in [1.807, 2.05) is 43.6 Å². The Kier molecular flexibility index (Phi) is 4.30. The van der Waals surface area contributed by atoms with Crippen LogP contribution in [0.5, 0.6) is 5.75 Å². The van der Waals surface area contributed by atoms with Crippen LogP contribution in [0.1, 0.15) is 29.1 Å². The summed E-state index contributed by atoms with van der Waals surface area (Å²) in [5.41, 5.74) is 6.80. The first-order chi connectivity index (χ1) is 8.76. The molecule has 0 bridgehead atoms. The van der Waals surface area contributed by atoms with Crippen LogP contribution in [0, 0.1) is 6.92 Å². The third-order valence-corrected chi connectivity index (χ3v) is 3.73. The monoisotopic (exact) mass is 263 g/mol. The second-order valence-electron chi connectivity index (χ2n) is 3.90. The van der Waals surface area contributed by atoms with Crippen molar-refractivity contribution < 1.29 is 4.74 Å². The first-order valence-electron chi connectivity index (χ1n) is 5.85. The fourth-order valence-electron chi connectivity index (χ4n) is 1.83. The van der Waals surface area contributed by atoms with Crippen molar-refractivity contribution >= 4 is 11.3 Å². The molecule has 2 rings (SSSR count). The molecule has 0 aliphatic heterocycles. The molecule has 96 valence electrons. The zero-order valence-electron chi connectivity index (χ0n) is 10.5. The number of thiazole rings is 1. The van der Waals surface area contributed by atoms with Crippen LogP contribution in [0.15, 0.2) is 29.8 Å². The Hall–Kier alpha value is -1.43. The van der Waals surface area contributed by atoms with E-state index in [1.54, 1.807) is 11.3 Å². The van der Waals surface area contributed by atoms with E-state index in [-0.39, 0.29) is 6.04 Å². The molecule has 1 heterocycles. The van der Waals surface area contributed by atoms with Crippen LogP contribution < -0.4 is 16.0 Å². The van der Waals surface area contributed by atoms with E-state index >= 15 is 0 Å². The average Bonchev–Trinajstić information content (AvgIpc) is 2.79. The predicted octanol–water partition coefficient (Wildman–Crippen LogP) is 2.40. The summed E-state index contributed by atoms with van der Waals surface area (Å²) < 4.78 is 5.43. The minimum absolute atomic E-state index is 0.0202. The van der Waals surface area contributed by atoms with Crippen molar-refractivity contribution in [3.05, 3.63) is 45.9 Å². The zero-order chi connectivity index (χ0) is 13.0. The van der Waals surface area contributed by atoms with Crippen molar-refractivity contribution in [2.45, 2.75) is 19.9 Å². The van der Waals surface area contributed by atoms with Gasteiger partial charge in [-0.2, -0.15) is 0 Å². The lowest BCUT2D eigenvalue weighted by atomic mass is 10.0. The molecule has 0 radical (unpaired) electrons. The highest BCUT2D eigenvalue weighted by Gasteiger charge is 2.16. The van der Waals surface area contributed by atoms with E-state index in [4.69, 9.17) is 10.6 Å². The normalized spacial score (nSPS) is 12.4. The van der Waals surface area contributed by atoms with Crippen LogP contribution >= 0.6 is 11.3 Å². The molecular formula is C13H17N3OS. The Labute approximate surface area is 111 Å². The van der Waals surface area contributed by atoms with Crippen LogP contribution in [0.25, 0.3) is 0 Å². The van der Waals surface area contributed by atoms with Gasteiger partial charge < -0.3 is 4.74 Å². The molecule has 1 atom stereocenters. The van der Waals surface area contributed by atoms with Gasteiger partial charge in [0, 0.05) is 0 Å². The van der Waals surface area contributed by atoms with Gasteiger partial charge in [0.05, 0.1) is 28.7 Å². The molecule has 1 aromatic carbocycles. The van der Waals surface area contributed by atoms with Gasteiger partial charge >= 0.3 is 0 Å². The Bertz CT molecular complexity index is 495. The third-order valence-electron chi connectivity index (χ3n) is 2.74. The summed E-state index contributed by atoms with van der Waals surface area (Å²) >= 11 is 1.61. The van der Waals surface area contributed by atoms with Gasteiger partial charge in [0.1, 0.15) is 5.75 Å². The van der Waals surface area contributed by atoms with Crippen LogP contribution in [-0.2, 0) is 0 Å². The molecular weight excluding hydrogens is 246 g/mol. The zero-order valence-corrected chi connectivity index (χ0v) is 11.3. The highest BCUT2D eigenvalue weighted by atomic mass is 32.1. The second kappa shape index (κ2) is 5.95. The van der Waals surface area contributed by atoms with Gasteiger partial charge in [-0.1, -0.05) is 12.1 Å². The van der Waals surface area contributed by atoms with Crippen LogP contribution in [0.4, 0.5) is 0 Å². The number of hydrogen-bond donors (Lipinski definition) is 2. The molecule has 2 aromatic rings. The first-order valence-corrected chi connectivity index (χ1v) is 6.73. The smallest absolute Gasteiger partial charge is 0.119 e. The van der Waals surface area contributed by atoms with Crippen LogP contribution in [-0.4, -0.2) is 11.6 Å². The number of benzene rings is 1. The van der Waals surface area contributed by atoms with E-state index in [2.05, 4.69) is 10.4 Å². The molecule has 1 aromatic heterocycles. The number of hydrogen-bond acceptors (Lipinski definition) is 5. The Morgan fingerprint density at radius 1 is 1.39 bits per heavy atom. The van der Waals surface area contributed by atoms with Gasteiger partial charge in [0.25, 0.3) is 0 Å². The van der Waals surface area contributed by atoms with Gasteiger partial charge in [0.15, 0.2) is 0 Å². The number of ether oxygens (including phenoxy) is 1. The minimum atomic E-state index is -0.0202. The number of rotatable bonds is 5. The summed E-state index contributed by atoms with van der Waals surface area (Å²) in [6.07, 6.45) is 0. The highest BCUT2D eigenvalue weighted by molar-refractivity contribution is 7.09. The maximum Gasteiger partial charge on any atom is 0.119 e. The third kappa shape index (κ3) is 2.69. The van der Waals surface area contributed by atoms with Crippen LogP contribution in [0.2, 0.25) is 0 Å². The van der Waals surface area contributed by atoms with Crippen molar-refractivity contribution in [2.24, 2.45) is 5.84 Å². The van der Waals surface area contributed by atoms with Gasteiger partial charge in [-0.15, -0.1) is 11.3 Å². The molecule has 0 aliphatic rings. The number of aromatic nitrogens is 1. The topological polar surface area (TPSA) is 60.2 Å². The average molecular weight is 263 g/mol. The van der Waals surface area contributed by atoms with Crippen molar-refractivity contribution in [1.82, 2.24) is 10.4 Å². The summed E-state index contributed by atoms with van der Waals surface area (Å²) in [6, 6.07) is 7.94. The fourth-order valence-corrected chi connectivity index (χ4v) is 2.72. The number of nitrogens with zero attached hydrogens (tertiary/aromatic N) is 1. The van der Waals surface area contributed by atoms with Gasteiger partial charge in [0.2, 0.25) is 0 Å². The summed E-state index contributed by atoms with van der Waals surface area (Å²) in [5.74, 6) is 6.53. The lowest BCUT2D eigenvalue weighted by molar-refractivity contribution is 0.340. The molecule has 0 spiro atoms. The summed E-state index contributed by atoms with van der Waals surface area (Å²) in [5, 5.41) is 0. The molecule has 18 heavy (non-hydrogen) atoms. The maximum atomic E-state index is 5.66. The number of nitrogens with one attached hydrogen (secondary N) is 1. The second-order valence-corrected chi connectivity index (χ2v) is 4.79. The van der Waals surface area contributed by atoms with Crippen molar-refractivity contribution in [3.8, 4) is 5.75 Å². The summed E-state index contributed by atoms with van der Waals surface area (Å²) in [7, 11) is 0. The fraction of sp³-hybridized carbons (Fsp3) is 0.308. The number of nitrogens with two attached hydrogens (primary N) is 1. The lowest BCUT2D eigenvalue weighted by Crippen LogP contribution is -2.28. The van der Waals surface area contributed by atoms with E-state index in [1.165, 1.54) is 0 Å². The molecule has 0 amide bonds. The maximum absolute atomic E-state index is 5.66. The quantitative estimate of drug-likeness (QED) is 0.642. The molecule has 3 N–H and O–H groups in total. The standard InChI is InChI=1S/C13H17N3OS/c1-3-17-11-6-4-10(5-7-11)12(16-14)13-9(2)15-8-18-13/h4-8,12,16H,3,14H2,1-2H3. The molecule has 0 aliphatic carbocycles. The van der Waals surface area contributed by atoms with E-state index in [9.17, 15) is 0 Å². The summed E-state index contributed by atoms with van der Waals surface area (Å²) in [4.78, 5) is 5.40. The Morgan fingerprint density at radius 2 is 2.11 bits per heavy atom. The van der Waals surface area contributed by atoms with Gasteiger partial charge in [-0.3, -0.25) is 5.84 Å². The Balaban J connectivity index is 2.25. The highest BCUT2D eigenvalue weighted by Crippen LogP contribution is 2.28. The van der Waals surface area contributed by atoms with Crippen molar-refractivity contribution in [2.75, 3.05) is 6.61 Å². The van der Waals surface area contributed by atoms with E-state index in [0.29, 0.717) is 6.61 Å². The molecule has 4 nitrogen and oxygen atoms in total. The summed E-state index contributed by atoms with van der Waals surface area (Å²) in [6.45, 7) is 4.63. The van der Waals surface area contributed by atoms with E-state index < -0.39 is 0 Å². The molecule has 0 saturated carbocycles.